The van der Waals surface area contributed by atoms with Gasteiger partial charge < -0.3 is 15.2 Å². The summed E-state index contributed by atoms with van der Waals surface area (Å²) >= 11 is 1.58. The first-order valence-corrected chi connectivity index (χ1v) is 7.77. The number of hydrogen-bond acceptors (Lipinski definition) is 5. The van der Waals surface area contributed by atoms with Gasteiger partial charge in [-0.3, -0.25) is 9.69 Å². The van der Waals surface area contributed by atoms with Crippen molar-refractivity contribution in [2.75, 3.05) is 39.4 Å². The Hall–Kier alpha value is -0.950. The molecule has 2 heterocycles. The Morgan fingerprint density at radius 2 is 2.20 bits per heavy atom. The van der Waals surface area contributed by atoms with Crippen molar-refractivity contribution >= 4 is 17.2 Å². The minimum atomic E-state index is -0.544. The number of aliphatic hydroxyl groups excluding tert-OH is 1. The topological polar surface area (TPSA) is 61.8 Å². The highest BCUT2D eigenvalue weighted by Gasteiger charge is 2.17. The molecular weight excluding hydrogens is 276 g/mol. The molecule has 0 radical (unpaired) electrons. The van der Waals surface area contributed by atoms with Crippen molar-refractivity contribution in [2.45, 2.75) is 20.0 Å². The van der Waals surface area contributed by atoms with Gasteiger partial charge in [0.05, 0.1) is 24.9 Å². The number of nitrogens with zero attached hydrogens (tertiary/aromatic N) is 1. The zero-order valence-electron chi connectivity index (χ0n) is 12.0. The van der Waals surface area contributed by atoms with Crippen molar-refractivity contribution < 1.29 is 14.6 Å². The predicted octanol–water partition coefficient (Wildman–Crippen LogP) is 0.788. The average Bonchev–Trinajstić information content (AvgIpc) is 2.78. The number of ether oxygens (including phenoxy) is 1. The van der Waals surface area contributed by atoms with Gasteiger partial charge in [0.1, 0.15) is 0 Å². The van der Waals surface area contributed by atoms with Gasteiger partial charge >= 0.3 is 0 Å². The summed E-state index contributed by atoms with van der Waals surface area (Å²) < 4.78 is 5.26. The molecule has 1 atom stereocenters. The molecule has 1 aromatic heterocycles. The van der Waals surface area contributed by atoms with Crippen molar-refractivity contribution in [3.63, 3.8) is 0 Å². The Morgan fingerprint density at radius 1 is 1.50 bits per heavy atom. The molecule has 112 valence electrons. The number of aliphatic hydroxyl groups is 1. The first-order valence-electron chi connectivity index (χ1n) is 6.89. The van der Waals surface area contributed by atoms with E-state index in [1.54, 1.807) is 11.3 Å². The van der Waals surface area contributed by atoms with Crippen LogP contribution in [0.25, 0.3) is 0 Å². The molecule has 0 saturated carbocycles. The van der Waals surface area contributed by atoms with Gasteiger partial charge in [0, 0.05) is 36.4 Å². The van der Waals surface area contributed by atoms with Gasteiger partial charge in [0.2, 0.25) is 0 Å². The SMILES string of the molecule is Cc1scc(C(=O)NCC(O)CN2CCOCC2)c1C. The summed E-state index contributed by atoms with van der Waals surface area (Å²) in [5.41, 5.74) is 1.74. The minimum absolute atomic E-state index is 0.104. The molecular formula is C14H22N2O3S. The molecule has 1 aromatic rings. The maximum absolute atomic E-state index is 12.0. The van der Waals surface area contributed by atoms with Crippen LogP contribution in [0.4, 0.5) is 0 Å². The normalized spacial score (nSPS) is 17.9. The molecule has 0 spiro atoms. The molecule has 6 heteroatoms. The molecule has 5 nitrogen and oxygen atoms in total. The molecule has 1 fully saturated rings. The lowest BCUT2D eigenvalue weighted by atomic mass is 10.1. The summed E-state index contributed by atoms with van der Waals surface area (Å²) in [6.07, 6.45) is -0.544. The average molecular weight is 298 g/mol. The van der Waals surface area contributed by atoms with Crippen molar-refractivity contribution in [2.24, 2.45) is 0 Å². The lowest BCUT2D eigenvalue weighted by Gasteiger charge is -2.28. The van der Waals surface area contributed by atoms with E-state index in [4.69, 9.17) is 4.74 Å². The molecule has 20 heavy (non-hydrogen) atoms. The third-order valence-corrected chi connectivity index (χ3v) is 4.61. The Morgan fingerprint density at radius 3 is 2.80 bits per heavy atom. The van der Waals surface area contributed by atoms with E-state index in [0.29, 0.717) is 25.3 Å². The first kappa shape index (κ1) is 15.4. The number of rotatable bonds is 5. The molecule has 0 aromatic carbocycles. The number of nitrogens with one attached hydrogen (secondary N) is 1. The second kappa shape index (κ2) is 7.17. The number of amides is 1. The molecule has 0 bridgehead atoms. The highest BCUT2D eigenvalue weighted by molar-refractivity contribution is 7.10. The molecule has 1 aliphatic rings. The summed E-state index contributed by atoms with van der Waals surface area (Å²) in [6.45, 7) is 7.92. The monoisotopic (exact) mass is 298 g/mol. The summed E-state index contributed by atoms with van der Waals surface area (Å²) in [5.74, 6) is -0.104. The van der Waals surface area contributed by atoms with Crippen LogP contribution in [0.5, 0.6) is 0 Å². The number of carbonyl (C=O) groups excluding carboxylic acids is 1. The highest BCUT2D eigenvalue weighted by Crippen LogP contribution is 2.20. The molecule has 0 aliphatic carbocycles. The molecule has 1 saturated heterocycles. The van der Waals surface area contributed by atoms with E-state index < -0.39 is 6.10 Å². The quantitative estimate of drug-likeness (QED) is 0.843. The summed E-state index contributed by atoms with van der Waals surface area (Å²) in [4.78, 5) is 15.3. The van der Waals surface area contributed by atoms with Gasteiger partial charge in [0.15, 0.2) is 0 Å². The van der Waals surface area contributed by atoms with Crippen LogP contribution < -0.4 is 5.32 Å². The van der Waals surface area contributed by atoms with Gasteiger partial charge in [-0.25, -0.2) is 0 Å². The number of thiophene rings is 1. The second-order valence-corrected chi connectivity index (χ2v) is 6.19. The number of carbonyl (C=O) groups is 1. The van der Waals surface area contributed by atoms with Gasteiger partial charge in [-0.2, -0.15) is 0 Å². The number of β-amino-alcohol motifs (C(OH)–C–C–N with tert-alkyl or cyclic N) is 1. The maximum Gasteiger partial charge on any atom is 0.252 e. The highest BCUT2D eigenvalue weighted by atomic mass is 32.1. The Kier molecular flexibility index (Phi) is 5.54. The molecule has 2 N–H and O–H groups in total. The minimum Gasteiger partial charge on any atom is -0.390 e. The summed E-state index contributed by atoms with van der Waals surface area (Å²) in [7, 11) is 0. The van der Waals surface area contributed by atoms with Crippen molar-refractivity contribution in [1.29, 1.82) is 0 Å². The van der Waals surface area contributed by atoms with E-state index >= 15 is 0 Å². The fraction of sp³-hybridized carbons (Fsp3) is 0.643. The third-order valence-electron chi connectivity index (χ3n) is 3.60. The van der Waals surface area contributed by atoms with Gasteiger partial charge in [-0.05, 0) is 19.4 Å². The van der Waals surface area contributed by atoms with Crippen LogP contribution in [0.2, 0.25) is 0 Å². The van der Waals surface area contributed by atoms with E-state index in [0.717, 1.165) is 23.5 Å². The number of hydrogen-bond donors (Lipinski definition) is 2. The zero-order valence-corrected chi connectivity index (χ0v) is 12.8. The van der Waals surface area contributed by atoms with E-state index in [2.05, 4.69) is 10.2 Å². The summed E-state index contributed by atoms with van der Waals surface area (Å²) in [5, 5.41) is 14.6. The van der Waals surface area contributed by atoms with Gasteiger partial charge in [-0.15, -0.1) is 11.3 Å². The van der Waals surface area contributed by atoms with Crippen molar-refractivity contribution in [3.05, 3.63) is 21.4 Å². The molecule has 1 aliphatic heterocycles. The van der Waals surface area contributed by atoms with Crippen LogP contribution in [0, 0.1) is 13.8 Å². The molecule has 1 unspecified atom stereocenters. The number of morpholine rings is 1. The van der Waals surface area contributed by atoms with Crippen LogP contribution in [0.1, 0.15) is 20.8 Å². The van der Waals surface area contributed by atoms with E-state index in [-0.39, 0.29) is 12.5 Å². The second-order valence-electron chi connectivity index (χ2n) is 5.11. The summed E-state index contributed by atoms with van der Waals surface area (Å²) in [6, 6.07) is 0. The van der Waals surface area contributed by atoms with Gasteiger partial charge in [0.25, 0.3) is 5.91 Å². The van der Waals surface area contributed by atoms with E-state index in [9.17, 15) is 9.90 Å². The fourth-order valence-electron chi connectivity index (χ4n) is 2.19. The molecule has 1 amide bonds. The lowest BCUT2D eigenvalue weighted by molar-refractivity contribution is 0.0149. The predicted molar refractivity (Wildman–Crippen MR) is 79.4 cm³/mol. The van der Waals surface area contributed by atoms with E-state index in [1.165, 1.54) is 0 Å². The zero-order chi connectivity index (χ0) is 14.5. The standard InChI is InChI=1S/C14H22N2O3S/c1-10-11(2)20-9-13(10)14(18)15-7-12(17)8-16-3-5-19-6-4-16/h9,12,17H,3-8H2,1-2H3,(H,15,18). The largest absolute Gasteiger partial charge is 0.390 e. The maximum atomic E-state index is 12.0. The Bertz CT molecular complexity index is 455. The van der Waals surface area contributed by atoms with Crippen molar-refractivity contribution in [3.8, 4) is 0 Å². The Balaban J connectivity index is 1.76. The Labute approximate surface area is 123 Å². The molecule has 2 rings (SSSR count). The van der Waals surface area contributed by atoms with Crippen molar-refractivity contribution in [1.82, 2.24) is 10.2 Å². The fourth-order valence-corrected chi connectivity index (χ4v) is 3.05. The van der Waals surface area contributed by atoms with Gasteiger partial charge in [-0.1, -0.05) is 0 Å². The van der Waals surface area contributed by atoms with Crippen LogP contribution in [0.15, 0.2) is 5.38 Å². The third kappa shape index (κ3) is 4.02. The van der Waals surface area contributed by atoms with Crippen LogP contribution in [-0.2, 0) is 4.74 Å². The number of aryl methyl sites for hydroxylation is 1. The van der Waals surface area contributed by atoms with E-state index in [1.807, 2.05) is 19.2 Å². The smallest absolute Gasteiger partial charge is 0.252 e. The lowest BCUT2D eigenvalue weighted by Crippen LogP contribution is -2.44. The first-order chi connectivity index (χ1) is 9.58. The van der Waals surface area contributed by atoms with Crippen LogP contribution >= 0.6 is 11.3 Å². The van der Waals surface area contributed by atoms with Crippen LogP contribution in [0.3, 0.4) is 0 Å². The van der Waals surface area contributed by atoms with Crippen LogP contribution in [-0.4, -0.2) is 61.4 Å².